The highest BCUT2D eigenvalue weighted by atomic mass is 16.5. The van der Waals surface area contributed by atoms with Crippen molar-refractivity contribution in [3.05, 3.63) is 59.2 Å². The van der Waals surface area contributed by atoms with Gasteiger partial charge in [0.1, 0.15) is 11.5 Å². The zero-order chi connectivity index (χ0) is 18.2. The molecule has 0 radical (unpaired) electrons. The van der Waals surface area contributed by atoms with E-state index in [1.807, 2.05) is 6.07 Å². The van der Waals surface area contributed by atoms with Crippen LogP contribution in [0.15, 0.2) is 42.5 Å². The molecule has 0 N–H and O–H groups in total. The van der Waals surface area contributed by atoms with Crippen molar-refractivity contribution in [2.75, 3.05) is 27.9 Å². The molecule has 0 aromatic heterocycles. The molecule has 0 amide bonds. The lowest BCUT2D eigenvalue weighted by atomic mass is 10.1. The van der Waals surface area contributed by atoms with Gasteiger partial charge in [-0.05, 0) is 29.8 Å². The molecule has 6 heteroatoms. The van der Waals surface area contributed by atoms with Gasteiger partial charge in [0.05, 0.1) is 32.0 Å². The highest BCUT2D eigenvalue weighted by Crippen LogP contribution is 2.25. The van der Waals surface area contributed by atoms with E-state index in [0.717, 1.165) is 5.56 Å². The van der Waals surface area contributed by atoms with E-state index in [1.54, 1.807) is 43.5 Å². The van der Waals surface area contributed by atoms with Gasteiger partial charge in [0.25, 0.3) is 0 Å². The summed E-state index contributed by atoms with van der Waals surface area (Å²) < 4.78 is 20.4. The molecule has 0 aliphatic carbocycles. The van der Waals surface area contributed by atoms with Gasteiger partial charge in [-0.25, -0.2) is 4.79 Å². The molecular formula is C19H20O6. The lowest BCUT2D eigenvalue weighted by Gasteiger charge is -2.10. The first kappa shape index (κ1) is 18.5. The summed E-state index contributed by atoms with van der Waals surface area (Å²) in [5, 5.41) is 0. The Morgan fingerprint density at radius 2 is 1.76 bits per heavy atom. The Hall–Kier alpha value is -2.86. The van der Waals surface area contributed by atoms with Crippen molar-refractivity contribution < 1.29 is 28.5 Å². The van der Waals surface area contributed by atoms with Crippen molar-refractivity contribution >= 4 is 11.8 Å². The lowest BCUT2D eigenvalue weighted by molar-refractivity contribution is 0.0473. The predicted molar refractivity (Wildman–Crippen MR) is 91.3 cm³/mol. The number of benzene rings is 2. The Bertz CT molecular complexity index is 753. The largest absolute Gasteiger partial charge is 0.497 e. The topological polar surface area (TPSA) is 71.1 Å². The van der Waals surface area contributed by atoms with Crippen molar-refractivity contribution in [3.63, 3.8) is 0 Å². The third-order valence-electron chi connectivity index (χ3n) is 3.52. The summed E-state index contributed by atoms with van der Waals surface area (Å²) in [6.07, 6.45) is 0. The van der Waals surface area contributed by atoms with E-state index in [4.69, 9.17) is 18.9 Å². The van der Waals surface area contributed by atoms with Gasteiger partial charge >= 0.3 is 5.97 Å². The molecule has 0 aliphatic heterocycles. The fraction of sp³-hybridized carbons (Fsp3) is 0.263. The average Bonchev–Trinajstić information content (AvgIpc) is 2.65. The number of hydrogen-bond acceptors (Lipinski definition) is 6. The first-order valence-corrected chi connectivity index (χ1v) is 7.59. The zero-order valence-electron chi connectivity index (χ0n) is 14.4. The number of esters is 1. The van der Waals surface area contributed by atoms with Crippen molar-refractivity contribution in [1.82, 2.24) is 0 Å². The quantitative estimate of drug-likeness (QED) is 0.542. The monoisotopic (exact) mass is 344 g/mol. The fourth-order valence-electron chi connectivity index (χ4n) is 2.28. The number of carbonyl (C=O) groups excluding carboxylic acids is 2. The standard InChI is InChI=1S/C19H20O6/c1-22-11-13-5-4-6-14(9-13)19(21)25-12-17(20)16-8-7-15(23-2)10-18(16)24-3/h4-10H,11-12H2,1-3H3. The molecule has 2 aromatic carbocycles. The maximum absolute atomic E-state index is 12.3. The molecule has 25 heavy (non-hydrogen) atoms. The lowest BCUT2D eigenvalue weighted by Crippen LogP contribution is -2.15. The maximum atomic E-state index is 12.3. The SMILES string of the molecule is COCc1cccc(C(=O)OCC(=O)c2ccc(OC)cc2OC)c1. The summed E-state index contributed by atoms with van der Waals surface area (Å²) in [7, 11) is 4.56. The normalized spacial score (nSPS) is 10.2. The number of carbonyl (C=O) groups is 2. The zero-order valence-corrected chi connectivity index (χ0v) is 14.4. The van der Waals surface area contributed by atoms with Gasteiger partial charge in [-0.3, -0.25) is 4.79 Å². The van der Waals surface area contributed by atoms with E-state index >= 15 is 0 Å². The van der Waals surface area contributed by atoms with Gasteiger partial charge < -0.3 is 18.9 Å². The molecule has 0 saturated heterocycles. The van der Waals surface area contributed by atoms with Crippen LogP contribution in [0.25, 0.3) is 0 Å². The predicted octanol–water partition coefficient (Wildman–Crippen LogP) is 2.89. The highest BCUT2D eigenvalue weighted by Gasteiger charge is 2.16. The number of methoxy groups -OCH3 is 3. The average molecular weight is 344 g/mol. The van der Waals surface area contributed by atoms with Crippen LogP contribution < -0.4 is 9.47 Å². The molecule has 132 valence electrons. The van der Waals surface area contributed by atoms with Crippen LogP contribution in [0.2, 0.25) is 0 Å². The third kappa shape index (κ3) is 4.81. The van der Waals surface area contributed by atoms with Crippen LogP contribution in [0.4, 0.5) is 0 Å². The van der Waals surface area contributed by atoms with Gasteiger partial charge in [-0.1, -0.05) is 12.1 Å². The summed E-state index contributed by atoms with van der Waals surface area (Å²) in [6.45, 7) is 0.0130. The third-order valence-corrected chi connectivity index (χ3v) is 3.52. The van der Waals surface area contributed by atoms with Crippen molar-refractivity contribution in [2.45, 2.75) is 6.61 Å². The van der Waals surface area contributed by atoms with Crippen molar-refractivity contribution in [3.8, 4) is 11.5 Å². The smallest absolute Gasteiger partial charge is 0.338 e. The molecule has 0 fully saturated rings. The Kier molecular flexibility index (Phi) is 6.54. The second-order valence-corrected chi connectivity index (χ2v) is 5.20. The number of rotatable bonds is 8. The molecule has 0 bridgehead atoms. The van der Waals surface area contributed by atoms with Crippen molar-refractivity contribution in [1.29, 1.82) is 0 Å². The van der Waals surface area contributed by atoms with Crippen LogP contribution in [-0.2, 0) is 16.1 Å². The Labute approximate surface area is 146 Å². The fourth-order valence-corrected chi connectivity index (χ4v) is 2.28. The van der Waals surface area contributed by atoms with E-state index in [-0.39, 0.29) is 12.4 Å². The van der Waals surface area contributed by atoms with E-state index in [9.17, 15) is 9.59 Å². The highest BCUT2D eigenvalue weighted by molar-refractivity contribution is 6.01. The summed E-state index contributed by atoms with van der Waals surface area (Å²) in [4.78, 5) is 24.4. The second-order valence-electron chi connectivity index (χ2n) is 5.20. The molecule has 0 heterocycles. The van der Waals surface area contributed by atoms with E-state index in [1.165, 1.54) is 14.2 Å². The second kappa shape index (κ2) is 8.84. The van der Waals surface area contributed by atoms with Crippen molar-refractivity contribution in [2.24, 2.45) is 0 Å². The Morgan fingerprint density at radius 3 is 2.44 bits per heavy atom. The van der Waals surface area contributed by atoms with Crippen LogP contribution in [0.1, 0.15) is 26.3 Å². The molecule has 0 unspecified atom stereocenters. The van der Waals surface area contributed by atoms with Crippen LogP contribution in [-0.4, -0.2) is 39.7 Å². The minimum atomic E-state index is -0.571. The van der Waals surface area contributed by atoms with Crippen LogP contribution in [0.3, 0.4) is 0 Å². The van der Waals surface area contributed by atoms with E-state index in [2.05, 4.69) is 0 Å². The van der Waals surface area contributed by atoms with Gasteiger partial charge in [0, 0.05) is 13.2 Å². The summed E-state index contributed by atoms with van der Waals surface area (Å²) in [6, 6.07) is 11.7. The molecule has 2 aromatic rings. The van der Waals surface area contributed by atoms with Crippen LogP contribution in [0.5, 0.6) is 11.5 Å². The minimum Gasteiger partial charge on any atom is -0.497 e. The molecule has 0 atom stereocenters. The Balaban J connectivity index is 2.04. The Morgan fingerprint density at radius 1 is 0.960 bits per heavy atom. The maximum Gasteiger partial charge on any atom is 0.338 e. The molecule has 6 nitrogen and oxygen atoms in total. The number of ketones is 1. The first-order valence-electron chi connectivity index (χ1n) is 7.59. The first-order chi connectivity index (χ1) is 12.1. The number of ether oxygens (including phenoxy) is 4. The molecule has 0 spiro atoms. The van der Waals surface area contributed by atoms with Gasteiger partial charge in [0.2, 0.25) is 5.78 Å². The molecule has 0 saturated carbocycles. The minimum absolute atomic E-state index is 0.323. The number of hydrogen-bond donors (Lipinski definition) is 0. The van der Waals surface area contributed by atoms with E-state index in [0.29, 0.717) is 29.2 Å². The van der Waals surface area contributed by atoms with Gasteiger partial charge in [-0.15, -0.1) is 0 Å². The molecular weight excluding hydrogens is 324 g/mol. The van der Waals surface area contributed by atoms with Gasteiger partial charge in [0.15, 0.2) is 6.61 Å². The van der Waals surface area contributed by atoms with Gasteiger partial charge in [-0.2, -0.15) is 0 Å². The number of Topliss-reactive ketones (excluding diaryl/α,β-unsaturated/α-hetero) is 1. The summed E-state index contributed by atoms with van der Waals surface area (Å²) in [5.41, 5.74) is 1.54. The van der Waals surface area contributed by atoms with Crippen LogP contribution >= 0.6 is 0 Å². The summed E-state index contributed by atoms with van der Waals surface area (Å²) in [5.74, 6) is 0.00234. The molecule has 2 rings (SSSR count). The van der Waals surface area contributed by atoms with Crippen LogP contribution in [0, 0.1) is 0 Å². The molecule has 0 aliphatic rings. The van der Waals surface area contributed by atoms with E-state index < -0.39 is 5.97 Å². The summed E-state index contributed by atoms with van der Waals surface area (Å²) >= 11 is 0.